The second kappa shape index (κ2) is 9.75. The summed E-state index contributed by atoms with van der Waals surface area (Å²) in [5.74, 6) is 1.99. The topological polar surface area (TPSA) is 91.6 Å². The second-order valence-electron chi connectivity index (χ2n) is 7.11. The molecule has 1 heterocycles. The van der Waals surface area contributed by atoms with Gasteiger partial charge in [-0.05, 0) is 19.1 Å². The van der Waals surface area contributed by atoms with Crippen LogP contribution in [-0.2, 0) is 12.0 Å². The van der Waals surface area contributed by atoms with Crippen molar-refractivity contribution in [2.24, 2.45) is 4.99 Å². The molecule has 3 N–H and O–H groups in total. The molecule has 0 spiro atoms. The first-order chi connectivity index (χ1) is 12.9. The van der Waals surface area contributed by atoms with Crippen molar-refractivity contribution in [1.82, 2.24) is 20.9 Å². The number of carbonyl (C=O) groups is 1. The van der Waals surface area contributed by atoms with Gasteiger partial charge in [0, 0.05) is 30.6 Å². The number of carbonyl (C=O) groups excluding carboxylic acids is 1. The molecule has 2 rings (SSSR count). The van der Waals surface area contributed by atoms with E-state index in [4.69, 9.17) is 4.42 Å². The van der Waals surface area contributed by atoms with Crippen LogP contribution in [0.15, 0.2) is 45.9 Å². The summed E-state index contributed by atoms with van der Waals surface area (Å²) in [6.45, 7) is 10.4. The minimum absolute atomic E-state index is 0.0747. The number of amides is 1. The highest BCUT2D eigenvalue weighted by Gasteiger charge is 2.19. The monoisotopic (exact) mass is 371 g/mol. The maximum atomic E-state index is 12.0. The van der Waals surface area contributed by atoms with Gasteiger partial charge in [0.2, 0.25) is 5.89 Å². The minimum Gasteiger partial charge on any atom is -0.443 e. The number of nitrogens with zero attached hydrogens (tertiary/aromatic N) is 2. The van der Waals surface area contributed by atoms with Crippen LogP contribution in [-0.4, -0.2) is 36.5 Å². The Hall–Kier alpha value is -2.83. The lowest BCUT2D eigenvalue weighted by Gasteiger charge is -2.13. The first-order valence-corrected chi connectivity index (χ1v) is 9.20. The Kier molecular flexibility index (Phi) is 7.40. The smallest absolute Gasteiger partial charge is 0.251 e. The van der Waals surface area contributed by atoms with Crippen molar-refractivity contribution in [3.8, 4) is 0 Å². The van der Waals surface area contributed by atoms with Gasteiger partial charge in [-0.2, -0.15) is 0 Å². The van der Waals surface area contributed by atoms with Gasteiger partial charge in [-0.15, -0.1) is 0 Å². The summed E-state index contributed by atoms with van der Waals surface area (Å²) in [6.07, 6.45) is 1.75. The zero-order valence-corrected chi connectivity index (χ0v) is 16.5. The van der Waals surface area contributed by atoms with Crippen LogP contribution in [0.1, 0.15) is 49.7 Å². The average molecular weight is 371 g/mol. The van der Waals surface area contributed by atoms with E-state index in [1.54, 1.807) is 18.3 Å². The van der Waals surface area contributed by atoms with E-state index in [1.807, 2.05) is 25.1 Å². The van der Waals surface area contributed by atoms with Gasteiger partial charge < -0.3 is 20.4 Å². The van der Waals surface area contributed by atoms with E-state index in [9.17, 15) is 4.79 Å². The number of aliphatic imine (C=N–C) groups is 1. The lowest BCUT2D eigenvalue weighted by atomic mass is 9.94. The Bertz CT molecular complexity index is 747. The highest BCUT2D eigenvalue weighted by atomic mass is 16.4. The van der Waals surface area contributed by atoms with Gasteiger partial charge >= 0.3 is 0 Å². The molecule has 0 aliphatic carbocycles. The van der Waals surface area contributed by atoms with E-state index in [0.717, 1.165) is 12.3 Å². The van der Waals surface area contributed by atoms with E-state index >= 15 is 0 Å². The summed E-state index contributed by atoms with van der Waals surface area (Å²) in [5, 5.41) is 9.23. The molecule has 1 aromatic carbocycles. The Morgan fingerprint density at radius 1 is 1.11 bits per heavy atom. The fourth-order valence-corrected chi connectivity index (χ4v) is 2.27. The molecule has 1 aromatic heterocycles. The molecule has 0 bridgehead atoms. The van der Waals surface area contributed by atoms with Crippen LogP contribution in [0.2, 0.25) is 0 Å². The Morgan fingerprint density at radius 2 is 1.81 bits per heavy atom. The fourth-order valence-electron chi connectivity index (χ4n) is 2.27. The Balaban J connectivity index is 1.81. The van der Waals surface area contributed by atoms with Gasteiger partial charge in [0.15, 0.2) is 5.96 Å². The summed E-state index contributed by atoms with van der Waals surface area (Å²) in [4.78, 5) is 20.8. The summed E-state index contributed by atoms with van der Waals surface area (Å²) in [7, 11) is 0. The van der Waals surface area contributed by atoms with Crippen LogP contribution in [0.3, 0.4) is 0 Å². The average Bonchev–Trinajstić information content (AvgIpc) is 3.13. The van der Waals surface area contributed by atoms with Gasteiger partial charge in [0.25, 0.3) is 5.91 Å². The van der Waals surface area contributed by atoms with E-state index in [2.05, 4.69) is 46.7 Å². The molecular formula is C20H29N5O2. The largest absolute Gasteiger partial charge is 0.443 e. The van der Waals surface area contributed by atoms with Crippen molar-refractivity contribution in [3.05, 3.63) is 53.7 Å². The first kappa shape index (κ1) is 20.5. The molecular weight excluding hydrogens is 342 g/mol. The predicted molar refractivity (Wildman–Crippen MR) is 107 cm³/mol. The van der Waals surface area contributed by atoms with E-state index in [1.165, 1.54) is 0 Å². The molecule has 0 saturated carbocycles. The van der Waals surface area contributed by atoms with Crippen LogP contribution in [0.4, 0.5) is 0 Å². The zero-order valence-electron chi connectivity index (χ0n) is 16.5. The zero-order chi connectivity index (χ0) is 19.7. The van der Waals surface area contributed by atoms with Crippen LogP contribution >= 0.6 is 0 Å². The second-order valence-corrected chi connectivity index (χ2v) is 7.11. The molecule has 0 fully saturated rings. The molecule has 2 aromatic rings. The number of oxazole rings is 1. The number of rotatable bonds is 7. The summed E-state index contributed by atoms with van der Waals surface area (Å²) in [5.41, 5.74) is 0.575. The van der Waals surface area contributed by atoms with Gasteiger partial charge in [-0.1, -0.05) is 39.0 Å². The Morgan fingerprint density at radius 3 is 2.44 bits per heavy atom. The highest BCUT2D eigenvalue weighted by molar-refractivity contribution is 5.94. The van der Waals surface area contributed by atoms with Crippen molar-refractivity contribution in [2.75, 3.05) is 19.6 Å². The maximum Gasteiger partial charge on any atom is 0.251 e. The summed E-state index contributed by atoms with van der Waals surface area (Å²) in [6, 6.07) is 9.15. The highest BCUT2D eigenvalue weighted by Crippen LogP contribution is 2.22. The number of nitrogens with one attached hydrogen (secondary N) is 3. The minimum atomic E-state index is -0.0890. The summed E-state index contributed by atoms with van der Waals surface area (Å²) >= 11 is 0. The number of guanidine groups is 1. The quantitative estimate of drug-likeness (QED) is 0.395. The third-order valence-corrected chi connectivity index (χ3v) is 3.75. The predicted octanol–water partition coefficient (Wildman–Crippen LogP) is 2.46. The molecule has 0 unspecified atom stereocenters. The van der Waals surface area contributed by atoms with E-state index in [-0.39, 0.29) is 11.3 Å². The first-order valence-electron chi connectivity index (χ1n) is 9.20. The van der Waals surface area contributed by atoms with Crippen LogP contribution < -0.4 is 16.0 Å². The van der Waals surface area contributed by atoms with Crippen molar-refractivity contribution >= 4 is 11.9 Å². The third kappa shape index (κ3) is 6.77. The van der Waals surface area contributed by atoms with Crippen molar-refractivity contribution < 1.29 is 9.21 Å². The fraction of sp³-hybridized carbons (Fsp3) is 0.450. The molecule has 0 saturated heterocycles. The Labute approximate surface area is 160 Å². The molecule has 0 aliphatic rings. The van der Waals surface area contributed by atoms with Crippen LogP contribution in [0.25, 0.3) is 0 Å². The molecule has 146 valence electrons. The van der Waals surface area contributed by atoms with Gasteiger partial charge in [0.05, 0.1) is 6.20 Å². The number of hydrogen-bond donors (Lipinski definition) is 3. The lowest BCUT2D eigenvalue weighted by Crippen LogP contribution is -2.41. The number of hydrogen-bond acceptors (Lipinski definition) is 4. The third-order valence-electron chi connectivity index (χ3n) is 3.75. The van der Waals surface area contributed by atoms with Crippen LogP contribution in [0, 0.1) is 0 Å². The molecule has 7 nitrogen and oxygen atoms in total. The molecule has 0 aliphatic heterocycles. The number of aromatic nitrogens is 1. The van der Waals surface area contributed by atoms with Gasteiger partial charge in [0.1, 0.15) is 12.3 Å². The molecule has 7 heteroatoms. The van der Waals surface area contributed by atoms with E-state index < -0.39 is 0 Å². The van der Waals surface area contributed by atoms with E-state index in [0.29, 0.717) is 37.0 Å². The van der Waals surface area contributed by atoms with Crippen molar-refractivity contribution in [1.29, 1.82) is 0 Å². The summed E-state index contributed by atoms with van der Waals surface area (Å²) < 4.78 is 5.75. The maximum absolute atomic E-state index is 12.0. The SMILES string of the molecule is CCNC(=NCc1ncc(C(C)(C)C)o1)NCCNC(=O)c1ccccc1. The standard InChI is InChI=1S/C20H29N5O2/c1-5-21-19(25-14-17-24-13-16(27-17)20(2,3)4)23-12-11-22-18(26)15-9-7-6-8-10-15/h6-10,13H,5,11-12,14H2,1-4H3,(H,22,26)(H2,21,23,25). The molecule has 0 radical (unpaired) electrons. The lowest BCUT2D eigenvalue weighted by molar-refractivity contribution is 0.0954. The van der Waals surface area contributed by atoms with Gasteiger partial charge in [-0.3, -0.25) is 4.79 Å². The van der Waals surface area contributed by atoms with Gasteiger partial charge in [-0.25, -0.2) is 9.98 Å². The van der Waals surface area contributed by atoms with Crippen LogP contribution in [0.5, 0.6) is 0 Å². The van der Waals surface area contributed by atoms with Crippen molar-refractivity contribution in [3.63, 3.8) is 0 Å². The van der Waals surface area contributed by atoms with Crippen molar-refractivity contribution in [2.45, 2.75) is 39.7 Å². The molecule has 1 amide bonds. The normalized spacial score (nSPS) is 11.9. The number of benzene rings is 1. The molecule has 27 heavy (non-hydrogen) atoms. The molecule has 0 atom stereocenters.